The van der Waals surface area contributed by atoms with Crippen molar-refractivity contribution in [2.24, 2.45) is 5.92 Å². The van der Waals surface area contributed by atoms with Crippen LogP contribution in [0.5, 0.6) is 0 Å². The van der Waals surface area contributed by atoms with Gasteiger partial charge in [-0.3, -0.25) is 19.7 Å². The highest BCUT2D eigenvalue weighted by atomic mass is 19.4. The molecule has 0 radical (unpaired) electrons. The van der Waals surface area contributed by atoms with E-state index in [0.717, 1.165) is 12.1 Å². The summed E-state index contributed by atoms with van der Waals surface area (Å²) in [5.41, 5.74) is -1.82. The molecule has 0 aliphatic carbocycles. The molecule has 34 heavy (non-hydrogen) atoms. The van der Waals surface area contributed by atoms with Gasteiger partial charge in [-0.15, -0.1) is 0 Å². The quantitative estimate of drug-likeness (QED) is 0.280. The van der Waals surface area contributed by atoms with Gasteiger partial charge in [0.15, 0.2) is 6.10 Å². The van der Waals surface area contributed by atoms with E-state index in [0.29, 0.717) is 6.07 Å². The van der Waals surface area contributed by atoms with E-state index in [1.165, 1.54) is 36.1 Å². The molecule has 1 saturated heterocycles. The number of nitro groups is 1. The second kappa shape index (κ2) is 10.1. The molecule has 1 fully saturated rings. The van der Waals surface area contributed by atoms with E-state index in [1.54, 1.807) is 0 Å². The Morgan fingerprint density at radius 2 is 1.82 bits per heavy atom. The van der Waals surface area contributed by atoms with Gasteiger partial charge in [0.1, 0.15) is 11.5 Å². The van der Waals surface area contributed by atoms with Crippen molar-refractivity contribution in [3.63, 3.8) is 0 Å². The molecular formula is C22H21F4N3O5. The number of nitrogens with zero attached hydrogens (tertiary/aromatic N) is 2. The maximum absolute atomic E-state index is 13.7. The number of amides is 1. The number of halogens is 4. The number of anilines is 2. The SMILES string of the molecule is CC(OC(=O)C1CCN(c2ccc(C(F)(F)F)cc2[N+](=O)[O-])CC1)C(=O)Nc1ccccc1F. The average molecular weight is 483 g/mol. The van der Waals surface area contributed by atoms with Crippen LogP contribution in [-0.2, 0) is 20.5 Å². The van der Waals surface area contributed by atoms with E-state index in [4.69, 9.17) is 4.74 Å². The highest BCUT2D eigenvalue weighted by Crippen LogP contribution is 2.37. The zero-order valence-corrected chi connectivity index (χ0v) is 18.0. The Labute approximate surface area is 191 Å². The predicted molar refractivity (Wildman–Crippen MR) is 114 cm³/mol. The summed E-state index contributed by atoms with van der Waals surface area (Å²) < 4.78 is 57.6. The van der Waals surface area contributed by atoms with E-state index in [1.807, 2.05) is 0 Å². The van der Waals surface area contributed by atoms with Crippen molar-refractivity contribution >= 4 is 28.9 Å². The van der Waals surface area contributed by atoms with Gasteiger partial charge in [0, 0.05) is 19.2 Å². The molecular weight excluding hydrogens is 462 g/mol. The van der Waals surface area contributed by atoms with Crippen LogP contribution in [0.3, 0.4) is 0 Å². The highest BCUT2D eigenvalue weighted by Gasteiger charge is 2.35. The molecule has 1 aliphatic rings. The fourth-order valence-electron chi connectivity index (χ4n) is 3.59. The number of rotatable bonds is 6. The summed E-state index contributed by atoms with van der Waals surface area (Å²) in [7, 11) is 0. The Morgan fingerprint density at radius 1 is 1.18 bits per heavy atom. The lowest BCUT2D eigenvalue weighted by atomic mass is 9.96. The van der Waals surface area contributed by atoms with Gasteiger partial charge in [0.2, 0.25) is 0 Å². The summed E-state index contributed by atoms with van der Waals surface area (Å²) in [6.07, 6.45) is -5.46. The minimum absolute atomic E-state index is 0.0300. The van der Waals surface area contributed by atoms with Crippen LogP contribution >= 0.6 is 0 Å². The lowest BCUT2D eigenvalue weighted by Crippen LogP contribution is -2.39. The first-order valence-corrected chi connectivity index (χ1v) is 10.3. The van der Waals surface area contributed by atoms with Crippen LogP contribution in [0.2, 0.25) is 0 Å². The first kappa shape index (κ1) is 24.9. The van der Waals surface area contributed by atoms with Gasteiger partial charge in [-0.25, -0.2) is 4.39 Å². The second-order valence-electron chi connectivity index (χ2n) is 7.77. The van der Waals surface area contributed by atoms with Gasteiger partial charge < -0.3 is 15.0 Å². The molecule has 0 bridgehead atoms. The van der Waals surface area contributed by atoms with Crippen molar-refractivity contribution in [1.82, 2.24) is 0 Å². The number of carbonyl (C=O) groups excluding carboxylic acids is 2. The molecule has 8 nitrogen and oxygen atoms in total. The van der Waals surface area contributed by atoms with Gasteiger partial charge in [-0.05, 0) is 44.0 Å². The molecule has 0 spiro atoms. The number of carbonyl (C=O) groups is 2. The molecule has 12 heteroatoms. The van der Waals surface area contributed by atoms with E-state index in [9.17, 15) is 37.3 Å². The first-order valence-electron chi connectivity index (χ1n) is 10.3. The molecule has 0 saturated carbocycles. The number of benzene rings is 2. The molecule has 1 atom stereocenters. The van der Waals surface area contributed by atoms with Gasteiger partial charge in [-0.1, -0.05) is 12.1 Å². The van der Waals surface area contributed by atoms with Crippen molar-refractivity contribution < 1.29 is 36.8 Å². The van der Waals surface area contributed by atoms with Crippen LogP contribution in [0.15, 0.2) is 42.5 Å². The number of hydrogen-bond acceptors (Lipinski definition) is 6. The molecule has 3 rings (SSSR count). The standard InChI is InChI=1S/C22H21F4N3O5/c1-13(20(30)27-17-5-3-2-4-16(17)23)34-21(31)14-8-10-28(11-9-14)18-7-6-15(22(24,25)26)12-19(18)29(32)33/h2-7,12-14H,8-11H2,1H3,(H,27,30). The number of nitrogens with one attached hydrogen (secondary N) is 1. The van der Waals surface area contributed by atoms with Crippen molar-refractivity contribution in [3.05, 3.63) is 64.0 Å². The van der Waals surface area contributed by atoms with E-state index in [-0.39, 0.29) is 37.3 Å². The third kappa shape index (κ3) is 5.80. The van der Waals surface area contributed by atoms with E-state index >= 15 is 0 Å². The number of para-hydroxylation sites is 1. The topological polar surface area (TPSA) is 102 Å². The van der Waals surface area contributed by atoms with Crippen molar-refractivity contribution in [2.45, 2.75) is 32.0 Å². The smallest absolute Gasteiger partial charge is 0.416 e. The number of alkyl halides is 3. The monoisotopic (exact) mass is 483 g/mol. The Balaban J connectivity index is 1.59. The van der Waals surface area contributed by atoms with Crippen molar-refractivity contribution in [2.75, 3.05) is 23.3 Å². The molecule has 1 heterocycles. The summed E-state index contributed by atoms with van der Waals surface area (Å²) in [6, 6.07) is 7.84. The predicted octanol–water partition coefficient (Wildman–Crippen LogP) is 4.54. The third-order valence-electron chi connectivity index (χ3n) is 5.46. The molecule has 1 aliphatic heterocycles. The Bertz CT molecular complexity index is 1080. The average Bonchev–Trinajstić information content (AvgIpc) is 2.79. The summed E-state index contributed by atoms with van der Waals surface area (Å²) >= 11 is 0. The number of hydrogen-bond donors (Lipinski definition) is 1. The van der Waals surface area contributed by atoms with Crippen LogP contribution in [0, 0.1) is 21.8 Å². The fraction of sp³-hybridized carbons (Fsp3) is 0.364. The second-order valence-corrected chi connectivity index (χ2v) is 7.77. The summed E-state index contributed by atoms with van der Waals surface area (Å²) in [4.78, 5) is 36.7. The van der Waals surface area contributed by atoms with Crippen LogP contribution in [-0.4, -0.2) is 36.0 Å². The minimum atomic E-state index is -4.71. The van der Waals surface area contributed by atoms with E-state index in [2.05, 4.69) is 5.32 Å². The summed E-state index contributed by atoms with van der Waals surface area (Å²) in [6.45, 7) is 1.68. The number of esters is 1. The third-order valence-corrected chi connectivity index (χ3v) is 5.46. The van der Waals surface area contributed by atoms with Gasteiger partial charge in [0.05, 0.1) is 22.1 Å². The first-order chi connectivity index (χ1) is 16.0. The van der Waals surface area contributed by atoms with Crippen LogP contribution in [0.25, 0.3) is 0 Å². The van der Waals surface area contributed by atoms with Crippen LogP contribution in [0.1, 0.15) is 25.3 Å². The van der Waals surface area contributed by atoms with Crippen molar-refractivity contribution in [3.8, 4) is 0 Å². The Hall–Kier alpha value is -3.70. The molecule has 2 aromatic rings. The lowest BCUT2D eigenvalue weighted by Gasteiger charge is -2.32. The van der Waals surface area contributed by atoms with Crippen LogP contribution in [0.4, 0.5) is 34.6 Å². The van der Waals surface area contributed by atoms with E-state index < -0.39 is 52.1 Å². The maximum Gasteiger partial charge on any atom is 0.416 e. The lowest BCUT2D eigenvalue weighted by molar-refractivity contribution is -0.384. The van der Waals surface area contributed by atoms with Crippen molar-refractivity contribution in [1.29, 1.82) is 0 Å². The van der Waals surface area contributed by atoms with Crippen LogP contribution < -0.4 is 10.2 Å². The zero-order chi connectivity index (χ0) is 25.0. The molecule has 1 amide bonds. The number of ether oxygens (including phenoxy) is 1. The molecule has 0 aromatic heterocycles. The maximum atomic E-state index is 13.7. The summed E-state index contributed by atoms with van der Waals surface area (Å²) in [5.74, 6) is -2.61. The summed E-state index contributed by atoms with van der Waals surface area (Å²) in [5, 5.41) is 13.7. The van der Waals surface area contributed by atoms with Gasteiger partial charge in [0.25, 0.3) is 11.6 Å². The highest BCUT2D eigenvalue weighted by molar-refractivity contribution is 5.95. The number of piperidine rings is 1. The molecule has 1 N–H and O–H groups in total. The zero-order valence-electron chi connectivity index (χ0n) is 18.0. The largest absolute Gasteiger partial charge is 0.452 e. The normalized spacial score (nSPS) is 15.5. The molecule has 1 unspecified atom stereocenters. The van der Waals surface area contributed by atoms with Gasteiger partial charge >= 0.3 is 12.1 Å². The number of nitro benzene ring substituents is 1. The van der Waals surface area contributed by atoms with Gasteiger partial charge in [-0.2, -0.15) is 13.2 Å². The minimum Gasteiger partial charge on any atom is -0.452 e. The Kier molecular flexibility index (Phi) is 7.38. The Morgan fingerprint density at radius 3 is 2.41 bits per heavy atom. The molecule has 2 aromatic carbocycles. The molecule has 182 valence electrons. The fourth-order valence-corrected chi connectivity index (χ4v) is 3.59.